The van der Waals surface area contributed by atoms with E-state index >= 15 is 0 Å². The Kier molecular flexibility index (Phi) is 3.97. The highest BCUT2D eigenvalue weighted by Crippen LogP contribution is 1.99. The van der Waals surface area contributed by atoms with E-state index in [1.54, 1.807) is 24.4 Å². The van der Waals surface area contributed by atoms with Gasteiger partial charge in [-0.25, -0.2) is 0 Å². The molecule has 0 fully saturated rings. The predicted octanol–water partition coefficient (Wildman–Crippen LogP) is 0.924. The molecule has 1 heterocycles. The van der Waals surface area contributed by atoms with Gasteiger partial charge in [0.25, 0.3) is 0 Å². The van der Waals surface area contributed by atoms with Crippen molar-refractivity contribution >= 4 is 18.3 Å². The third-order valence-corrected chi connectivity index (χ3v) is 1.57. The number of amides is 1. The number of carbonyl (C=O) groups is 2. The van der Waals surface area contributed by atoms with Crippen LogP contribution in [0.1, 0.15) is 5.69 Å². The maximum absolute atomic E-state index is 10.9. The SMILES string of the molecule is C=CC(=O)N/C(C=O)=C/c1ccccn1. The Bertz CT molecular complexity index is 396. The van der Waals surface area contributed by atoms with Crippen LogP contribution in [0.2, 0.25) is 0 Å². The molecular weight excluding hydrogens is 192 g/mol. The first-order valence-electron chi connectivity index (χ1n) is 4.27. The van der Waals surface area contributed by atoms with E-state index in [2.05, 4.69) is 16.9 Å². The summed E-state index contributed by atoms with van der Waals surface area (Å²) in [6.07, 6.45) is 4.73. The molecule has 0 aliphatic heterocycles. The largest absolute Gasteiger partial charge is 0.320 e. The summed E-state index contributed by atoms with van der Waals surface area (Å²) in [4.78, 5) is 25.5. The first-order valence-corrected chi connectivity index (χ1v) is 4.27. The maximum atomic E-state index is 10.9. The average Bonchev–Trinajstić information content (AvgIpc) is 2.29. The van der Waals surface area contributed by atoms with Gasteiger partial charge in [0.05, 0.1) is 11.4 Å². The van der Waals surface area contributed by atoms with Gasteiger partial charge in [-0.05, 0) is 24.3 Å². The van der Waals surface area contributed by atoms with E-state index in [-0.39, 0.29) is 5.70 Å². The second kappa shape index (κ2) is 5.49. The number of aromatic nitrogens is 1. The highest BCUT2D eigenvalue weighted by atomic mass is 16.2. The van der Waals surface area contributed by atoms with Crippen molar-refractivity contribution in [1.29, 1.82) is 0 Å². The lowest BCUT2D eigenvalue weighted by atomic mass is 10.3. The number of hydrogen-bond acceptors (Lipinski definition) is 3. The van der Waals surface area contributed by atoms with E-state index in [0.29, 0.717) is 12.0 Å². The molecule has 0 aliphatic rings. The molecule has 1 N–H and O–H groups in total. The molecule has 0 radical (unpaired) electrons. The molecule has 1 amide bonds. The minimum atomic E-state index is -0.427. The van der Waals surface area contributed by atoms with E-state index in [4.69, 9.17) is 0 Å². The first-order chi connectivity index (χ1) is 7.26. The Morgan fingerprint density at radius 3 is 2.80 bits per heavy atom. The van der Waals surface area contributed by atoms with E-state index in [1.807, 2.05) is 0 Å². The Morgan fingerprint density at radius 2 is 2.27 bits per heavy atom. The van der Waals surface area contributed by atoms with Crippen molar-refractivity contribution < 1.29 is 9.59 Å². The molecule has 0 saturated carbocycles. The summed E-state index contributed by atoms with van der Waals surface area (Å²) in [5.74, 6) is -0.427. The van der Waals surface area contributed by atoms with Crippen molar-refractivity contribution in [3.05, 3.63) is 48.4 Å². The van der Waals surface area contributed by atoms with Gasteiger partial charge < -0.3 is 5.32 Å². The van der Waals surface area contributed by atoms with Crippen molar-refractivity contribution in [2.75, 3.05) is 0 Å². The third-order valence-electron chi connectivity index (χ3n) is 1.57. The van der Waals surface area contributed by atoms with Gasteiger partial charge in [-0.1, -0.05) is 12.6 Å². The molecule has 0 unspecified atom stereocenters. The second-order valence-electron chi connectivity index (χ2n) is 2.67. The Morgan fingerprint density at radius 1 is 1.47 bits per heavy atom. The number of hydrogen-bond donors (Lipinski definition) is 1. The number of nitrogens with zero attached hydrogens (tertiary/aromatic N) is 1. The summed E-state index contributed by atoms with van der Waals surface area (Å²) < 4.78 is 0. The van der Waals surface area contributed by atoms with Crippen molar-refractivity contribution in [2.24, 2.45) is 0 Å². The van der Waals surface area contributed by atoms with Gasteiger partial charge in [-0.2, -0.15) is 0 Å². The van der Waals surface area contributed by atoms with E-state index in [1.165, 1.54) is 6.08 Å². The Balaban J connectivity index is 2.83. The average molecular weight is 202 g/mol. The zero-order valence-corrected chi connectivity index (χ0v) is 8.01. The molecule has 4 nitrogen and oxygen atoms in total. The van der Waals surface area contributed by atoms with E-state index < -0.39 is 5.91 Å². The lowest BCUT2D eigenvalue weighted by molar-refractivity contribution is -0.117. The standard InChI is InChI=1S/C11H10N2O2/c1-2-11(15)13-10(8-14)7-9-5-3-4-6-12-9/h2-8H,1H2,(H,13,15)/b10-7+. The molecule has 0 atom stereocenters. The molecule has 0 aliphatic carbocycles. The van der Waals surface area contributed by atoms with Gasteiger partial charge in [0.1, 0.15) is 0 Å². The molecule has 1 aromatic heterocycles. The molecule has 76 valence electrons. The van der Waals surface area contributed by atoms with Crippen LogP contribution in [-0.4, -0.2) is 17.2 Å². The number of pyridine rings is 1. The number of nitrogens with one attached hydrogen (secondary N) is 1. The zero-order valence-electron chi connectivity index (χ0n) is 8.01. The second-order valence-corrected chi connectivity index (χ2v) is 2.67. The monoisotopic (exact) mass is 202 g/mol. The maximum Gasteiger partial charge on any atom is 0.247 e. The zero-order chi connectivity index (χ0) is 11.1. The third kappa shape index (κ3) is 3.56. The molecule has 0 saturated heterocycles. The molecule has 0 spiro atoms. The Labute approximate surface area is 87.3 Å². The van der Waals surface area contributed by atoms with Crippen LogP contribution in [0.25, 0.3) is 6.08 Å². The summed E-state index contributed by atoms with van der Waals surface area (Å²) in [5.41, 5.74) is 0.752. The molecule has 1 rings (SSSR count). The number of rotatable bonds is 4. The van der Waals surface area contributed by atoms with Crippen LogP contribution in [0.5, 0.6) is 0 Å². The smallest absolute Gasteiger partial charge is 0.247 e. The van der Waals surface area contributed by atoms with Gasteiger partial charge in [0.2, 0.25) is 5.91 Å². The quantitative estimate of drug-likeness (QED) is 0.583. The molecule has 0 aromatic carbocycles. The lowest BCUT2D eigenvalue weighted by Crippen LogP contribution is -2.20. The molecule has 1 aromatic rings. The van der Waals surface area contributed by atoms with Gasteiger partial charge in [0, 0.05) is 6.20 Å². The Hall–Kier alpha value is -2.23. The van der Waals surface area contributed by atoms with Crippen LogP contribution in [0.4, 0.5) is 0 Å². The van der Waals surface area contributed by atoms with Crippen LogP contribution in [0.15, 0.2) is 42.7 Å². The minimum absolute atomic E-state index is 0.151. The summed E-state index contributed by atoms with van der Waals surface area (Å²) in [7, 11) is 0. The predicted molar refractivity (Wildman–Crippen MR) is 56.6 cm³/mol. The van der Waals surface area contributed by atoms with E-state index in [0.717, 1.165) is 6.08 Å². The van der Waals surface area contributed by atoms with Crippen LogP contribution < -0.4 is 5.32 Å². The summed E-state index contributed by atoms with van der Waals surface area (Å²) in [6.45, 7) is 3.28. The van der Waals surface area contributed by atoms with Crippen molar-refractivity contribution in [3.63, 3.8) is 0 Å². The topological polar surface area (TPSA) is 59.1 Å². The fourth-order valence-electron chi connectivity index (χ4n) is 0.914. The van der Waals surface area contributed by atoms with Crippen molar-refractivity contribution in [1.82, 2.24) is 10.3 Å². The minimum Gasteiger partial charge on any atom is -0.320 e. The normalized spacial score (nSPS) is 10.5. The molecular formula is C11H10N2O2. The number of aldehydes is 1. The van der Waals surface area contributed by atoms with Gasteiger partial charge in [-0.3, -0.25) is 14.6 Å². The van der Waals surface area contributed by atoms with Crippen LogP contribution in [0.3, 0.4) is 0 Å². The molecule has 4 heteroatoms. The number of carbonyl (C=O) groups excluding carboxylic acids is 2. The van der Waals surface area contributed by atoms with Crippen LogP contribution in [-0.2, 0) is 9.59 Å². The molecule has 15 heavy (non-hydrogen) atoms. The summed E-state index contributed by atoms with van der Waals surface area (Å²) in [5, 5.41) is 2.36. The number of allylic oxidation sites excluding steroid dienone is 1. The van der Waals surface area contributed by atoms with Crippen LogP contribution >= 0.6 is 0 Å². The van der Waals surface area contributed by atoms with Gasteiger partial charge in [0.15, 0.2) is 6.29 Å². The summed E-state index contributed by atoms with van der Waals surface area (Å²) in [6, 6.07) is 5.28. The highest BCUT2D eigenvalue weighted by Gasteiger charge is 1.99. The fourth-order valence-corrected chi connectivity index (χ4v) is 0.914. The fraction of sp³-hybridized carbons (Fsp3) is 0. The lowest BCUT2D eigenvalue weighted by Gasteiger charge is -1.99. The van der Waals surface area contributed by atoms with Crippen LogP contribution in [0, 0.1) is 0 Å². The summed E-state index contributed by atoms with van der Waals surface area (Å²) >= 11 is 0. The van der Waals surface area contributed by atoms with Crippen molar-refractivity contribution in [3.8, 4) is 0 Å². The van der Waals surface area contributed by atoms with E-state index in [9.17, 15) is 9.59 Å². The first kappa shape index (κ1) is 10.8. The highest BCUT2D eigenvalue weighted by molar-refractivity contribution is 5.94. The van der Waals surface area contributed by atoms with Crippen molar-refractivity contribution in [2.45, 2.75) is 0 Å². The van der Waals surface area contributed by atoms with Gasteiger partial charge in [-0.15, -0.1) is 0 Å². The van der Waals surface area contributed by atoms with Gasteiger partial charge >= 0.3 is 0 Å². The molecule has 0 bridgehead atoms.